The highest BCUT2D eigenvalue weighted by molar-refractivity contribution is 8.15. The molecule has 0 bridgehead atoms. The van der Waals surface area contributed by atoms with Crippen LogP contribution in [0.5, 0.6) is 0 Å². The summed E-state index contributed by atoms with van der Waals surface area (Å²) in [5, 5.41) is 7.00. The minimum absolute atomic E-state index is 0.0131. The number of amides is 1. The van der Waals surface area contributed by atoms with E-state index in [2.05, 4.69) is 15.6 Å². The monoisotopic (exact) mass is 365 g/mol. The largest absolute Gasteiger partial charge is 0.349 e. The molecule has 1 saturated carbocycles. The van der Waals surface area contributed by atoms with Crippen molar-refractivity contribution in [2.75, 3.05) is 16.8 Å². The Balaban J connectivity index is 1.49. The highest BCUT2D eigenvalue weighted by Gasteiger charge is 2.42. The predicted octanol–water partition coefficient (Wildman–Crippen LogP) is 1.57. The van der Waals surface area contributed by atoms with Crippen LogP contribution in [0.25, 0.3) is 0 Å². The Hall–Kier alpha value is -1.54. The van der Waals surface area contributed by atoms with Crippen LogP contribution in [-0.2, 0) is 9.84 Å². The molecule has 3 aliphatic rings. The van der Waals surface area contributed by atoms with E-state index in [1.165, 1.54) is 11.8 Å². The zero-order valence-electron chi connectivity index (χ0n) is 13.3. The maximum Gasteiger partial charge on any atom is 0.251 e. The molecule has 6 nitrogen and oxygen atoms in total. The number of sulfone groups is 1. The molecule has 1 aliphatic carbocycles. The Morgan fingerprint density at radius 1 is 1.29 bits per heavy atom. The molecule has 0 unspecified atom stereocenters. The van der Waals surface area contributed by atoms with Crippen LogP contribution >= 0.6 is 11.8 Å². The molecule has 0 spiro atoms. The van der Waals surface area contributed by atoms with Crippen molar-refractivity contribution < 1.29 is 13.2 Å². The molecular formula is C16H19N3O3S2. The lowest BCUT2D eigenvalue weighted by Gasteiger charge is -2.12. The Labute approximate surface area is 145 Å². The third kappa shape index (κ3) is 3.30. The first kappa shape index (κ1) is 16.0. The van der Waals surface area contributed by atoms with Gasteiger partial charge < -0.3 is 10.6 Å². The fourth-order valence-electron chi connectivity index (χ4n) is 2.93. The van der Waals surface area contributed by atoms with Gasteiger partial charge in [-0.05, 0) is 37.5 Å². The van der Waals surface area contributed by atoms with E-state index in [-0.39, 0.29) is 28.7 Å². The van der Waals surface area contributed by atoms with Gasteiger partial charge in [0.25, 0.3) is 5.91 Å². The van der Waals surface area contributed by atoms with Crippen molar-refractivity contribution in [1.82, 2.24) is 5.32 Å². The molecule has 1 saturated heterocycles. The number of hydrogen-bond acceptors (Lipinski definition) is 6. The molecule has 2 fully saturated rings. The van der Waals surface area contributed by atoms with Crippen LogP contribution < -0.4 is 10.6 Å². The molecule has 1 amide bonds. The van der Waals surface area contributed by atoms with E-state index >= 15 is 0 Å². The number of fused-ring (bicyclic) bond motifs is 1. The number of rotatable bonds is 3. The summed E-state index contributed by atoms with van der Waals surface area (Å²) in [6, 6.07) is 5.75. The SMILES string of the molecule is Cc1ccc(C(=O)NC2CC2)cc1NC1=N[C@@H]2CS(=O)(=O)C[C@H]2S1. The van der Waals surface area contributed by atoms with Crippen LogP contribution in [0.4, 0.5) is 5.69 Å². The number of nitrogens with zero attached hydrogens (tertiary/aromatic N) is 1. The van der Waals surface area contributed by atoms with Crippen LogP contribution in [-0.4, -0.2) is 48.3 Å². The first-order chi connectivity index (χ1) is 11.4. The van der Waals surface area contributed by atoms with Crippen molar-refractivity contribution in [1.29, 1.82) is 0 Å². The number of aryl methyl sites for hydroxylation is 1. The molecule has 2 N–H and O–H groups in total. The molecule has 2 aliphatic heterocycles. The summed E-state index contributed by atoms with van der Waals surface area (Å²) >= 11 is 1.48. The highest BCUT2D eigenvalue weighted by atomic mass is 32.2. The second kappa shape index (κ2) is 5.77. The molecule has 2 atom stereocenters. The number of carbonyl (C=O) groups is 1. The van der Waals surface area contributed by atoms with Crippen molar-refractivity contribution in [3.63, 3.8) is 0 Å². The third-order valence-corrected chi connectivity index (χ3v) is 7.61. The van der Waals surface area contributed by atoms with Gasteiger partial charge in [-0.3, -0.25) is 9.79 Å². The molecule has 2 heterocycles. The number of anilines is 1. The number of hydrogen-bond donors (Lipinski definition) is 2. The quantitative estimate of drug-likeness (QED) is 0.849. The second-order valence-corrected chi connectivity index (χ2v) is 10.0. The number of thioether (sulfide) groups is 1. The smallest absolute Gasteiger partial charge is 0.251 e. The molecule has 128 valence electrons. The zero-order chi connectivity index (χ0) is 16.9. The minimum atomic E-state index is -2.94. The van der Waals surface area contributed by atoms with Gasteiger partial charge in [0, 0.05) is 22.5 Å². The van der Waals surface area contributed by atoms with Gasteiger partial charge in [0.05, 0.1) is 17.5 Å². The van der Waals surface area contributed by atoms with Crippen molar-refractivity contribution in [2.45, 2.75) is 37.1 Å². The van der Waals surface area contributed by atoms with E-state index in [1.54, 1.807) is 0 Å². The highest BCUT2D eigenvalue weighted by Crippen LogP contribution is 2.35. The van der Waals surface area contributed by atoms with Crippen molar-refractivity contribution >= 4 is 38.4 Å². The average Bonchev–Trinajstić information content (AvgIpc) is 3.16. The first-order valence-corrected chi connectivity index (χ1v) is 10.7. The number of nitrogens with one attached hydrogen (secondary N) is 2. The van der Waals surface area contributed by atoms with Crippen LogP contribution in [0.1, 0.15) is 28.8 Å². The van der Waals surface area contributed by atoms with Gasteiger partial charge in [0.15, 0.2) is 15.0 Å². The Bertz CT molecular complexity index is 831. The minimum Gasteiger partial charge on any atom is -0.349 e. The van der Waals surface area contributed by atoms with E-state index in [1.807, 2.05) is 25.1 Å². The summed E-state index contributed by atoms with van der Waals surface area (Å²) in [7, 11) is -2.94. The molecular weight excluding hydrogens is 346 g/mol. The second-order valence-electron chi connectivity index (χ2n) is 6.64. The number of carbonyl (C=O) groups excluding carboxylic acids is 1. The fourth-order valence-corrected chi connectivity index (χ4v) is 6.59. The lowest BCUT2D eigenvalue weighted by atomic mass is 10.1. The Kier molecular flexibility index (Phi) is 3.84. The van der Waals surface area contributed by atoms with Crippen LogP contribution in [0.3, 0.4) is 0 Å². The van der Waals surface area contributed by atoms with E-state index < -0.39 is 9.84 Å². The number of aliphatic imine (C=N–C) groups is 1. The van der Waals surface area contributed by atoms with E-state index in [4.69, 9.17) is 0 Å². The average molecular weight is 365 g/mol. The Morgan fingerprint density at radius 2 is 2.08 bits per heavy atom. The fraction of sp³-hybridized carbons (Fsp3) is 0.500. The first-order valence-electron chi connectivity index (χ1n) is 8.03. The summed E-state index contributed by atoms with van der Waals surface area (Å²) in [5.41, 5.74) is 2.49. The normalized spacial score (nSPS) is 27.5. The van der Waals surface area contributed by atoms with Gasteiger partial charge in [0.2, 0.25) is 0 Å². The number of amidine groups is 1. The zero-order valence-corrected chi connectivity index (χ0v) is 14.9. The molecule has 1 aromatic rings. The van der Waals surface area contributed by atoms with Gasteiger partial charge >= 0.3 is 0 Å². The molecule has 0 radical (unpaired) electrons. The summed E-state index contributed by atoms with van der Waals surface area (Å²) < 4.78 is 23.3. The van der Waals surface area contributed by atoms with Crippen LogP contribution in [0.15, 0.2) is 23.2 Å². The van der Waals surface area contributed by atoms with E-state index in [0.717, 1.165) is 29.3 Å². The summed E-state index contributed by atoms with van der Waals surface area (Å²) in [4.78, 5) is 16.7. The molecule has 0 aromatic heterocycles. The Morgan fingerprint density at radius 3 is 2.79 bits per heavy atom. The predicted molar refractivity (Wildman–Crippen MR) is 96.5 cm³/mol. The molecule has 4 rings (SSSR count). The van der Waals surface area contributed by atoms with Crippen molar-refractivity contribution in [3.05, 3.63) is 29.3 Å². The van der Waals surface area contributed by atoms with Gasteiger partial charge in [0.1, 0.15) is 0 Å². The summed E-state index contributed by atoms with van der Waals surface area (Å²) in [6.45, 7) is 1.97. The molecule has 1 aromatic carbocycles. The standard InChI is InChI=1S/C16H19N3O3S2/c1-9-2-3-10(15(20)17-11-4-5-11)6-12(9)18-16-19-13-7-24(21,22)8-14(13)23-16/h2-3,6,11,13-14H,4-5,7-8H2,1H3,(H,17,20)(H,18,19)/t13-,14-/m1/s1. The molecule has 8 heteroatoms. The third-order valence-electron chi connectivity index (χ3n) is 4.47. The molecule has 24 heavy (non-hydrogen) atoms. The summed E-state index contributed by atoms with van der Waals surface area (Å²) in [5.74, 6) is 0.280. The maximum atomic E-state index is 12.2. The summed E-state index contributed by atoms with van der Waals surface area (Å²) in [6.07, 6.45) is 2.11. The number of benzene rings is 1. The van der Waals surface area contributed by atoms with Gasteiger partial charge in [-0.15, -0.1) is 0 Å². The van der Waals surface area contributed by atoms with Gasteiger partial charge in [-0.25, -0.2) is 8.42 Å². The van der Waals surface area contributed by atoms with Crippen LogP contribution in [0, 0.1) is 6.92 Å². The van der Waals surface area contributed by atoms with Gasteiger partial charge in [-0.2, -0.15) is 0 Å². The van der Waals surface area contributed by atoms with Crippen LogP contribution in [0.2, 0.25) is 0 Å². The van der Waals surface area contributed by atoms with Crippen molar-refractivity contribution in [2.24, 2.45) is 4.99 Å². The topological polar surface area (TPSA) is 87.6 Å². The maximum absolute atomic E-state index is 12.2. The van der Waals surface area contributed by atoms with Gasteiger partial charge in [-0.1, -0.05) is 17.8 Å². The lowest BCUT2D eigenvalue weighted by Crippen LogP contribution is -2.25. The van der Waals surface area contributed by atoms with Crippen molar-refractivity contribution in [3.8, 4) is 0 Å². The van der Waals surface area contributed by atoms with E-state index in [0.29, 0.717) is 11.6 Å². The lowest BCUT2D eigenvalue weighted by molar-refractivity contribution is 0.0951. The van der Waals surface area contributed by atoms with E-state index in [9.17, 15) is 13.2 Å².